The Labute approximate surface area is 146 Å². The summed E-state index contributed by atoms with van der Waals surface area (Å²) in [5.41, 5.74) is 0.986. The minimum absolute atomic E-state index is 0.0280. The molecule has 0 spiro atoms. The van der Waals surface area contributed by atoms with Crippen molar-refractivity contribution in [3.8, 4) is 0 Å². The summed E-state index contributed by atoms with van der Waals surface area (Å²) in [6, 6.07) is 0. The van der Waals surface area contributed by atoms with E-state index >= 15 is 0 Å². The largest absolute Gasteiger partial charge is 0.469 e. The molecule has 0 aromatic heterocycles. The predicted molar refractivity (Wildman–Crippen MR) is 94.3 cm³/mol. The van der Waals surface area contributed by atoms with E-state index in [9.17, 15) is 9.59 Å². The third-order valence-electron chi connectivity index (χ3n) is 8.20. The number of ether oxygens (including phenoxy) is 1. The fourth-order valence-electron chi connectivity index (χ4n) is 6.96. The van der Waals surface area contributed by atoms with Gasteiger partial charge in [-0.3, -0.25) is 4.79 Å². The molecule has 0 radical (unpaired) electrons. The third-order valence-corrected chi connectivity index (χ3v) is 8.20. The van der Waals surface area contributed by atoms with Gasteiger partial charge in [-0.25, -0.2) is 0 Å². The summed E-state index contributed by atoms with van der Waals surface area (Å²) in [6.45, 7) is 8.92. The van der Waals surface area contributed by atoms with Crippen molar-refractivity contribution in [1.82, 2.24) is 0 Å². The van der Waals surface area contributed by atoms with Gasteiger partial charge in [-0.15, -0.1) is 0 Å². The lowest BCUT2D eigenvalue weighted by molar-refractivity contribution is -0.183. The molecule has 0 aromatic carbocycles. The summed E-state index contributed by atoms with van der Waals surface area (Å²) >= 11 is 0. The van der Waals surface area contributed by atoms with E-state index in [1.807, 2.05) is 0 Å². The van der Waals surface area contributed by atoms with Crippen LogP contribution in [0.1, 0.15) is 66.2 Å². The number of hydrogen-bond acceptors (Lipinski definition) is 3. The van der Waals surface area contributed by atoms with E-state index < -0.39 is 0 Å². The van der Waals surface area contributed by atoms with Crippen LogP contribution in [0.3, 0.4) is 0 Å². The first-order valence-electron chi connectivity index (χ1n) is 9.44. The molecule has 0 aromatic rings. The number of hydrogen-bond donors (Lipinski definition) is 0. The van der Waals surface area contributed by atoms with E-state index in [-0.39, 0.29) is 28.1 Å². The number of fused-ring (bicyclic) bond motifs is 3. The van der Waals surface area contributed by atoms with Crippen LogP contribution in [-0.2, 0) is 14.3 Å². The molecule has 3 heteroatoms. The zero-order chi connectivity index (χ0) is 17.8. The molecular weight excluding hydrogens is 300 g/mol. The van der Waals surface area contributed by atoms with Gasteiger partial charge in [0.25, 0.3) is 0 Å². The van der Waals surface area contributed by atoms with Crippen molar-refractivity contribution in [2.24, 2.45) is 34.0 Å². The number of rotatable bonds is 2. The molecule has 0 heterocycles. The van der Waals surface area contributed by atoms with Crippen LogP contribution in [0.2, 0.25) is 0 Å². The van der Waals surface area contributed by atoms with Gasteiger partial charge in [0, 0.05) is 5.92 Å². The third kappa shape index (κ3) is 2.16. The zero-order valence-corrected chi connectivity index (χ0v) is 15.9. The highest BCUT2D eigenvalue weighted by atomic mass is 16.5. The Morgan fingerprint density at radius 3 is 2.50 bits per heavy atom. The van der Waals surface area contributed by atoms with Crippen molar-refractivity contribution in [2.75, 3.05) is 7.11 Å². The zero-order valence-electron chi connectivity index (χ0n) is 15.9. The van der Waals surface area contributed by atoms with E-state index in [2.05, 4.69) is 33.8 Å². The van der Waals surface area contributed by atoms with Crippen LogP contribution in [0.25, 0.3) is 0 Å². The second-order valence-corrected chi connectivity index (χ2v) is 9.22. The molecule has 0 aliphatic heterocycles. The number of carbonyl (C=O) groups excluding carboxylic acids is 2. The Hall–Kier alpha value is -1.12. The van der Waals surface area contributed by atoms with Gasteiger partial charge in [0.1, 0.15) is 6.29 Å². The minimum atomic E-state index is -0.379. The van der Waals surface area contributed by atoms with Crippen molar-refractivity contribution in [2.45, 2.75) is 66.2 Å². The molecule has 0 N–H and O–H groups in total. The van der Waals surface area contributed by atoms with E-state index in [0.717, 1.165) is 38.5 Å². The average Bonchev–Trinajstić information content (AvgIpc) is 2.53. The number of carbonyl (C=O) groups is 2. The fraction of sp³-hybridized carbons (Fsp3) is 0.810. The topological polar surface area (TPSA) is 43.4 Å². The van der Waals surface area contributed by atoms with Gasteiger partial charge in [-0.1, -0.05) is 31.9 Å². The second-order valence-electron chi connectivity index (χ2n) is 9.22. The first kappa shape index (κ1) is 17.7. The summed E-state index contributed by atoms with van der Waals surface area (Å²) in [7, 11) is 1.52. The standard InChI is InChI=1S/C21H32O3/c1-14-7-8-16-19(2,15(14)13-22)12-9-17-20(16,3)10-6-11-21(17,4)18(23)24-5/h7,13,15-17H,6,8-12H2,1-5H3/t15-,16?,17?,19+,20-,21+/m1/s1. The van der Waals surface area contributed by atoms with E-state index in [1.54, 1.807) is 0 Å². The van der Waals surface area contributed by atoms with Crippen molar-refractivity contribution in [1.29, 1.82) is 0 Å². The van der Waals surface area contributed by atoms with Crippen molar-refractivity contribution in [3.63, 3.8) is 0 Å². The van der Waals surface area contributed by atoms with Gasteiger partial charge in [0.2, 0.25) is 0 Å². The molecule has 2 saturated carbocycles. The summed E-state index contributed by atoms with van der Waals surface area (Å²) < 4.78 is 5.20. The lowest BCUT2D eigenvalue weighted by Crippen LogP contribution is -2.60. The fourth-order valence-corrected chi connectivity index (χ4v) is 6.96. The molecule has 134 valence electrons. The van der Waals surface area contributed by atoms with Crippen LogP contribution < -0.4 is 0 Å². The first-order chi connectivity index (χ1) is 11.2. The van der Waals surface area contributed by atoms with Gasteiger partial charge in [0.05, 0.1) is 12.5 Å². The molecule has 3 rings (SSSR count). The number of esters is 1. The second kappa shape index (κ2) is 5.71. The maximum Gasteiger partial charge on any atom is 0.311 e. The van der Waals surface area contributed by atoms with Crippen LogP contribution in [0.15, 0.2) is 11.6 Å². The molecule has 6 atom stereocenters. The number of methoxy groups -OCH3 is 1. The maximum atomic E-state index is 12.6. The SMILES string of the molecule is COC(=O)[C@@]1(C)CCC[C@@]2(C)C1CC[C@]1(C)C2CC=C(C)[C@H]1C=O. The number of allylic oxidation sites excluding steroid dienone is 2. The first-order valence-corrected chi connectivity index (χ1v) is 9.44. The lowest BCUT2D eigenvalue weighted by atomic mass is 9.39. The maximum absolute atomic E-state index is 12.6. The molecule has 24 heavy (non-hydrogen) atoms. The Kier molecular flexibility index (Phi) is 4.21. The molecule has 2 fully saturated rings. The Bertz CT molecular complexity index is 580. The predicted octanol–water partition coefficient (Wildman–Crippen LogP) is 4.55. The minimum Gasteiger partial charge on any atom is -0.469 e. The van der Waals surface area contributed by atoms with Crippen LogP contribution in [0.5, 0.6) is 0 Å². The van der Waals surface area contributed by atoms with Crippen LogP contribution in [0, 0.1) is 34.0 Å². The monoisotopic (exact) mass is 332 g/mol. The van der Waals surface area contributed by atoms with Crippen molar-refractivity contribution in [3.05, 3.63) is 11.6 Å². The highest BCUT2D eigenvalue weighted by Gasteiger charge is 2.63. The van der Waals surface area contributed by atoms with Crippen molar-refractivity contribution >= 4 is 12.3 Å². The molecular formula is C21H32O3. The van der Waals surface area contributed by atoms with Gasteiger partial charge in [-0.05, 0) is 68.6 Å². The lowest BCUT2D eigenvalue weighted by Gasteiger charge is -2.64. The van der Waals surface area contributed by atoms with Crippen LogP contribution in [-0.4, -0.2) is 19.4 Å². The molecule has 3 aliphatic rings. The van der Waals surface area contributed by atoms with E-state index in [1.165, 1.54) is 19.0 Å². The average molecular weight is 332 g/mol. The Morgan fingerprint density at radius 2 is 1.88 bits per heavy atom. The molecule has 2 unspecified atom stereocenters. The molecule has 3 aliphatic carbocycles. The van der Waals surface area contributed by atoms with Crippen LogP contribution in [0.4, 0.5) is 0 Å². The highest BCUT2D eigenvalue weighted by Crippen LogP contribution is 2.68. The summed E-state index contributed by atoms with van der Waals surface area (Å²) in [6.07, 6.45) is 9.69. The Balaban J connectivity index is 2.05. The van der Waals surface area contributed by atoms with E-state index in [4.69, 9.17) is 4.74 Å². The number of aldehydes is 1. The van der Waals surface area contributed by atoms with Gasteiger partial charge in [-0.2, -0.15) is 0 Å². The summed E-state index contributed by atoms with van der Waals surface area (Å²) in [5, 5.41) is 0. The molecule has 3 nitrogen and oxygen atoms in total. The van der Waals surface area contributed by atoms with Crippen LogP contribution >= 0.6 is 0 Å². The highest BCUT2D eigenvalue weighted by molar-refractivity contribution is 5.77. The van der Waals surface area contributed by atoms with E-state index in [0.29, 0.717) is 11.8 Å². The van der Waals surface area contributed by atoms with Gasteiger partial charge >= 0.3 is 5.97 Å². The van der Waals surface area contributed by atoms with Crippen molar-refractivity contribution < 1.29 is 14.3 Å². The molecule has 0 bridgehead atoms. The quantitative estimate of drug-likeness (QED) is 0.423. The molecule has 0 saturated heterocycles. The van der Waals surface area contributed by atoms with Gasteiger partial charge < -0.3 is 9.53 Å². The smallest absolute Gasteiger partial charge is 0.311 e. The normalized spacial score (nSPS) is 47.9. The molecule has 0 amide bonds. The summed E-state index contributed by atoms with van der Waals surface area (Å²) in [5.74, 6) is 0.798. The Morgan fingerprint density at radius 1 is 1.17 bits per heavy atom. The van der Waals surface area contributed by atoms with Gasteiger partial charge in [0.15, 0.2) is 0 Å². The summed E-state index contributed by atoms with van der Waals surface area (Å²) in [4.78, 5) is 24.5.